The quantitative estimate of drug-likeness (QED) is 0.520. The zero-order valence-corrected chi connectivity index (χ0v) is 5.94. The Morgan fingerprint density at radius 2 is 2.25 bits per heavy atom. The molecule has 0 bridgehead atoms. The van der Waals surface area contributed by atoms with E-state index >= 15 is 0 Å². The SMILES string of the molecule is C=C(Cl)N(C)/C=C\C. The number of hydrogen-bond donors (Lipinski definition) is 0. The minimum atomic E-state index is 0.531. The van der Waals surface area contributed by atoms with Gasteiger partial charge in [-0.25, -0.2) is 0 Å². The lowest BCUT2D eigenvalue weighted by Gasteiger charge is -2.08. The third-order valence-corrected chi connectivity index (χ3v) is 1.02. The van der Waals surface area contributed by atoms with Gasteiger partial charge in [0.05, 0.1) is 0 Å². The van der Waals surface area contributed by atoms with E-state index in [1.54, 1.807) is 4.90 Å². The van der Waals surface area contributed by atoms with Crippen molar-refractivity contribution in [1.82, 2.24) is 4.90 Å². The summed E-state index contributed by atoms with van der Waals surface area (Å²) >= 11 is 5.49. The van der Waals surface area contributed by atoms with Gasteiger partial charge in [-0.3, -0.25) is 0 Å². The molecule has 1 nitrogen and oxygen atoms in total. The maximum atomic E-state index is 5.49. The molecule has 0 N–H and O–H groups in total. The summed E-state index contributed by atoms with van der Waals surface area (Å²) in [4.78, 5) is 1.74. The Morgan fingerprint density at radius 3 is 2.38 bits per heavy atom. The summed E-state index contributed by atoms with van der Waals surface area (Å²) in [7, 11) is 1.84. The molecule has 0 radical (unpaired) electrons. The van der Waals surface area contributed by atoms with Crippen molar-refractivity contribution in [3.05, 3.63) is 24.0 Å². The van der Waals surface area contributed by atoms with Crippen LogP contribution in [0.15, 0.2) is 24.0 Å². The maximum Gasteiger partial charge on any atom is 0.101 e. The molecule has 0 spiro atoms. The fourth-order valence-electron chi connectivity index (χ4n) is 0.304. The molecule has 0 unspecified atom stereocenters. The second-order valence-electron chi connectivity index (χ2n) is 1.47. The minimum absolute atomic E-state index is 0.531. The summed E-state index contributed by atoms with van der Waals surface area (Å²) in [5.41, 5.74) is 0. The van der Waals surface area contributed by atoms with Crippen LogP contribution in [0.5, 0.6) is 0 Å². The summed E-state index contributed by atoms with van der Waals surface area (Å²) in [6, 6.07) is 0. The molecule has 0 aromatic rings. The van der Waals surface area contributed by atoms with E-state index in [1.165, 1.54) is 0 Å². The van der Waals surface area contributed by atoms with Gasteiger partial charge in [0.1, 0.15) is 5.16 Å². The lowest BCUT2D eigenvalue weighted by molar-refractivity contribution is 0.609. The Kier molecular flexibility index (Phi) is 3.37. The summed E-state index contributed by atoms with van der Waals surface area (Å²) in [5.74, 6) is 0. The summed E-state index contributed by atoms with van der Waals surface area (Å²) < 4.78 is 0. The van der Waals surface area contributed by atoms with Gasteiger partial charge in [-0.1, -0.05) is 24.3 Å². The first-order chi connectivity index (χ1) is 3.68. The van der Waals surface area contributed by atoms with Gasteiger partial charge in [0.2, 0.25) is 0 Å². The molecule has 0 amide bonds. The number of halogens is 1. The van der Waals surface area contributed by atoms with Crippen LogP contribution in [0.4, 0.5) is 0 Å². The molecule has 0 aromatic carbocycles. The molecule has 0 aliphatic rings. The maximum absolute atomic E-state index is 5.49. The smallest absolute Gasteiger partial charge is 0.101 e. The van der Waals surface area contributed by atoms with E-state index in [0.717, 1.165) is 0 Å². The largest absolute Gasteiger partial charge is 0.343 e. The molecule has 0 saturated heterocycles. The summed E-state index contributed by atoms with van der Waals surface area (Å²) in [6.07, 6.45) is 3.74. The van der Waals surface area contributed by atoms with Crippen molar-refractivity contribution in [3.8, 4) is 0 Å². The van der Waals surface area contributed by atoms with E-state index in [1.807, 2.05) is 26.2 Å². The molecule has 0 rings (SSSR count). The molecule has 0 saturated carbocycles. The van der Waals surface area contributed by atoms with Crippen molar-refractivity contribution in [2.75, 3.05) is 7.05 Å². The molecule has 0 aromatic heterocycles. The third-order valence-electron chi connectivity index (χ3n) is 0.755. The topological polar surface area (TPSA) is 3.24 Å². The minimum Gasteiger partial charge on any atom is -0.343 e. The van der Waals surface area contributed by atoms with Crippen molar-refractivity contribution >= 4 is 11.6 Å². The van der Waals surface area contributed by atoms with Gasteiger partial charge in [0.25, 0.3) is 0 Å². The van der Waals surface area contributed by atoms with Crippen molar-refractivity contribution < 1.29 is 0 Å². The Hall–Kier alpha value is -0.430. The van der Waals surface area contributed by atoms with Crippen LogP contribution in [0, 0.1) is 0 Å². The predicted molar refractivity (Wildman–Crippen MR) is 37.6 cm³/mol. The Morgan fingerprint density at radius 1 is 1.75 bits per heavy atom. The van der Waals surface area contributed by atoms with Crippen LogP contribution in [-0.4, -0.2) is 11.9 Å². The lowest BCUT2D eigenvalue weighted by Crippen LogP contribution is -2.03. The fraction of sp³-hybridized carbons (Fsp3) is 0.333. The second-order valence-corrected chi connectivity index (χ2v) is 1.91. The lowest BCUT2D eigenvalue weighted by atomic mass is 10.6. The highest BCUT2D eigenvalue weighted by molar-refractivity contribution is 6.28. The summed E-state index contributed by atoms with van der Waals surface area (Å²) in [6.45, 7) is 5.44. The van der Waals surface area contributed by atoms with E-state index in [4.69, 9.17) is 11.6 Å². The first-order valence-corrected chi connectivity index (χ1v) is 2.76. The first kappa shape index (κ1) is 7.57. The fourth-order valence-corrected chi connectivity index (χ4v) is 0.361. The van der Waals surface area contributed by atoms with Gasteiger partial charge in [-0.15, -0.1) is 0 Å². The molecule has 0 heterocycles. The van der Waals surface area contributed by atoms with Crippen LogP contribution in [0.2, 0.25) is 0 Å². The monoisotopic (exact) mass is 131 g/mol. The average Bonchev–Trinajstić information content (AvgIpc) is 1.67. The van der Waals surface area contributed by atoms with Gasteiger partial charge in [-0.2, -0.15) is 0 Å². The predicted octanol–water partition coefficient (Wildman–Crippen LogP) is 2.16. The number of hydrogen-bond acceptors (Lipinski definition) is 1. The normalized spacial score (nSPS) is 9.88. The van der Waals surface area contributed by atoms with Crippen LogP contribution >= 0.6 is 11.6 Å². The van der Waals surface area contributed by atoms with Crippen LogP contribution < -0.4 is 0 Å². The van der Waals surface area contributed by atoms with Crippen LogP contribution in [0.1, 0.15) is 6.92 Å². The molecule has 8 heavy (non-hydrogen) atoms. The molecule has 0 aliphatic carbocycles. The average molecular weight is 132 g/mol. The van der Waals surface area contributed by atoms with E-state index in [-0.39, 0.29) is 0 Å². The Labute approximate surface area is 55.2 Å². The van der Waals surface area contributed by atoms with Crippen molar-refractivity contribution in [3.63, 3.8) is 0 Å². The third kappa shape index (κ3) is 2.69. The van der Waals surface area contributed by atoms with Gasteiger partial charge in [0.15, 0.2) is 0 Å². The molecular formula is C6H10ClN. The van der Waals surface area contributed by atoms with Gasteiger partial charge < -0.3 is 4.90 Å². The first-order valence-electron chi connectivity index (χ1n) is 2.38. The zero-order chi connectivity index (χ0) is 6.57. The number of nitrogens with zero attached hydrogens (tertiary/aromatic N) is 1. The summed E-state index contributed by atoms with van der Waals surface area (Å²) in [5, 5.41) is 0.531. The Bertz CT molecular complexity index is 107. The standard InChI is InChI=1S/C6H10ClN/c1-4-5-8(3)6(2)7/h4-5H,2H2,1,3H3/b5-4-. The van der Waals surface area contributed by atoms with E-state index < -0.39 is 0 Å². The number of rotatable bonds is 2. The highest BCUT2D eigenvalue weighted by Gasteiger charge is 1.87. The zero-order valence-electron chi connectivity index (χ0n) is 5.19. The molecule has 0 aliphatic heterocycles. The van der Waals surface area contributed by atoms with E-state index in [9.17, 15) is 0 Å². The van der Waals surface area contributed by atoms with Crippen LogP contribution in [-0.2, 0) is 0 Å². The Balaban J connectivity index is 3.64. The molecular weight excluding hydrogens is 122 g/mol. The highest BCUT2D eigenvalue weighted by Crippen LogP contribution is 2.02. The molecule has 2 heteroatoms. The molecule has 46 valence electrons. The highest BCUT2D eigenvalue weighted by atomic mass is 35.5. The van der Waals surface area contributed by atoms with Crippen molar-refractivity contribution in [2.24, 2.45) is 0 Å². The molecule has 0 atom stereocenters. The van der Waals surface area contributed by atoms with Crippen molar-refractivity contribution in [2.45, 2.75) is 6.92 Å². The van der Waals surface area contributed by atoms with Crippen molar-refractivity contribution in [1.29, 1.82) is 0 Å². The second kappa shape index (κ2) is 3.56. The van der Waals surface area contributed by atoms with Gasteiger partial charge in [-0.05, 0) is 6.92 Å². The van der Waals surface area contributed by atoms with E-state index in [0.29, 0.717) is 5.16 Å². The van der Waals surface area contributed by atoms with E-state index in [2.05, 4.69) is 6.58 Å². The molecule has 0 fully saturated rings. The number of allylic oxidation sites excluding steroid dienone is 1. The van der Waals surface area contributed by atoms with Crippen LogP contribution in [0.25, 0.3) is 0 Å². The van der Waals surface area contributed by atoms with Gasteiger partial charge >= 0.3 is 0 Å². The van der Waals surface area contributed by atoms with Crippen LogP contribution in [0.3, 0.4) is 0 Å². The van der Waals surface area contributed by atoms with Gasteiger partial charge in [0, 0.05) is 13.2 Å².